The maximum atomic E-state index is 13.2. The van der Waals surface area contributed by atoms with Gasteiger partial charge in [0, 0.05) is 26.2 Å². The highest BCUT2D eigenvalue weighted by molar-refractivity contribution is 7.16. The maximum absolute atomic E-state index is 13.2. The highest BCUT2D eigenvalue weighted by atomic mass is 32.1. The molecule has 1 saturated heterocycles. The number of amides is 1. The van der Waals surface area contributed by atoms with Crippen molar-refractivity contribution in [3.8, 4) is 5.69 Å². The van der Waals surface area contributed by atoms with Crippen molar-refractivity contribution in [1.29, 1.82) is 0 Å². The number of nitrogens with zero attached hydrogens (tertiary/aromatic N) is 6. The van der Waals surface area contributed by atoms with Crippen LogP contribution in [-0.4, -0.2) is 56.7 Å². The van der Waals surface area contributed by atoms with Gasteiger partial charge in [-0.3, -0.25) is 4.79 Å². The molecule has 0 radical (unpaired) electrons. The van der Waals surface area contributed by atoms with E-state index < -0.39 is 0 Å². The zero-order valence-corrected chi connectivity index (χ0v) is 17.8. The van der Waals surface area contributed by atoms with E-state index >= 15 is 0 Å². The SMILES string of the molecule is Cc1ccccc1-n1ncc(C(=O)N2CCN(c3ncnc4sccc34)CC2)c1C. The molecule has 0 unspecified atom stereocenters. The summed E-state index contributed by atoms with van der Waals surface area (Å²) >= 11 is 1.62. The van der Waals surface area contributed by atoms with Crippen LogP contribution >= 0.6 is 11.3 Å². The van der Waals surface area contributed by atoms with Crippen LogP contribution in [0.2, 0.25) is 0 Å². The molecule has 1 fully saturated rings. The second-order valence-electron chi connectivity index (χ2n) is 7.46. The summed E-state index contributed by atoms with van der Waals surface area (Å²) < 4.78 is 1.85. The van der Waals surface area contributed by atoms with Crippen LogP contribution in [0.1, 0.15) is 21.6 Å². The van der Waals surface area contributed by atoms with Crippen molar-refractivity contribution in [1.82, 2.24) is 24.6 Å². The van der Waals surface area contributed by atoms with Gasteiger partial charge in [-0.15, -0.1) is 11.3 Å². The highest BCUT2D eigenvalue weighted by Gasteiger charge is 2.26. The molecular formula is C22H22N6OS. The Morgan fingerprint density at radius 2 is 1.83 bits per heavy atom. The molecule has 1 aromatic carbocycles. The molecule has 0 bridgehead atoms. The average molecular weight is 419 g/mol. The van der Waals surface area contributed by atoms with Gasteiger partial charge in [-0.25, -0.2) is 14.6 Å². The summed E-state index contributed by atoms with van der Waals surface area (Å²) in [6.45, 7) is 6.82. The molecule has 4 heterocycles. The molecule has 5 rings (SSSR count). The Balaban J connectivity index is 1.33. The number of carbonyl (C=O) groups excluding carboxylic acids is 1. The second-order valence-corrected chi connectivity index (χ2v) is 8.35. The highest BCUT2D eigenvalue weighted by Crippen LogP contribution is 2.27. The number of aromatic nitrogens is 4. The molecule has 1 amide bonds. The summed E-state index contributed by atoms with van der Waals surface area (Å²) in [5.41, 5.74) is 3.66. The van der Waals surface area contributed by atoms with Crippen molar-refractivity contribution in [2.75, 3.05) is 31.1 Å². The number of hydrogen-bond donors (Lipinski definition) is 0. The van der Waals surface area contributed by atoms with Gasteiger partial charge in [-0.1, -0.05) is 18.2 Å². The van der Waals surface area contributed by atoms with E-state index in [1.54, 1.807) is 23.9 Å². The molecular weight excluding hydrogens is 396 g/mol. The molecule has 7 nitrogen and oxygen atoms in total. The third-order valence-electron chi connectivity index (χ3n) is 5.69. The molecule has 8 heteroatoms. The first kappa shape index (κ1) is 18.7. The molecule has 1 aliphatic rings. The van der Waals surface area contributed by atoms with Crippen molar-refractivity contribution in [3.05, 3.63) is 65.1 Å². The third-order valence-corrected chi connectivity index (χ3v) is 6.51. The predicted molar refractivity (Wildman–Crippen MR) is 119 cm³/mol. The van der Waals surface area contributed by atoms with E-state index in [2.05, 4.69) is 39.0 Å². The zero-order chi connectivity index (χ0) is 20.7. The molecule has 0 N–H and O–H groups in total. The van der Waals surface area contributed by atoms with Gasteiger partial charge < -0.3 is 9.80 Å². The second kappa shape index (κ2) is 7.53. The number of rotatable bonds is 3. The van der Waals surface area contributed by atoms with E-state index in [0.717, 1.165) is 46.1 Å². The van der Waals surface area contributed by atoms with Crippen LogP contribution in [-0.2, 0) is 0 Å². The summed E-state index contributed by atoms with van der Waals surface area (Å²) in [5, 5.41) is 7.62. The first-order valence-corrected chi connectivity index (χ1v) is 10.8. The van der Waals surface area contributed by atoms with E-state index in [1.807, 2.05) is 40.1 Å². The number of aryl methyl sites for hydroxylation is 1. The molecule has 0 aliphatic carbocycles. The standard InChI is InChI=1S/C22H22N6OS/c1-15-5-3-4-6-19(15)28-16(2)18(13-25-28)22(29)27-10-8-26(9-11-27)20-17-7-12-30-21(17)24-14-23-20/h3-7,12-14H,8-11H2,1-2H3. The lowest BCUT2D eigenvalue weighted by Crippen LogP contribution is -2.49. The van der Waals surface area contributed by atoms with E-state index in [4.69, 9.17) is 0 Å². The van der Waals surface area contributed by atoms with Gasteiger partial charge in [0.1, 0.15) is 17.0 Å². The number of para-hydroxylation sites is 1. The van der Waals surface area contributed by atoms with Crippen LogP contribution in [0.15, 0.2) is 48.2 Å². The minimum absolute atomic E-state index is 0.0374. The molecule has 0 spiro atoms. The number of piperazine rings is 1. The zero-order valence-electron chi connectivity index (χ0n) is 16.9. The van der Waals surface area contributed by atoms with Crippen molar-refractivity contribution in [3.63, 3.8) is 0 Å². The summed E-state index contributed by atoms with van der Waals surface area (Å²) in [7, 11) is 0. The fraction of sp³-hybridized carbons (Fsp3) is 0.273. The summed E-state index contributed by atoms with van der Waals surface area (Å²) in [6, 6.07) is 10.1. The van der Waals surface area contributed by atoms with Gasteiger partial charge in [-0.2, -0.15) is 5.10 Å². The van der Waals surface area contributed by atoms with Crippen LogP contribution in [0, 0.1) is 13.8 Å². The predicted octanol–water partition coefficient (Wildman–Crippen LogP) is 3.46. The van der Waals surface area contributed by atoms with Crippen LogP contribution in [0.4, 0.5) is 5.82 Å². The number of fused-ring (bicyclic) bond motifs is 1. The number of thiophene rings is 1. The normalized spacial score (nSPS) is 14.5. The molecule has 152 valence electrons. The summed E-state index contributed by atoms with van der Waals surface area (Å²) in [5.74, 6) is 0.993. The van der Waals surface area contributed by atoms with Gasteiger partial charge in [0.25, 0.3) is 5.91 Å². The average Bonchev–Trinajstić information content (AvgIpc) is 3.40. The fourth-order valence-corrected chi connectivity index (χ4v) is 4.71. The number of benzene rings is 1. The Labute approximate surface area is 178 Å². The van der Waals surface area contributed by atoms with E-state index in [1.165, 1.54) is 0 Å². The Kier molecular flexibility index (Phi) is 4.71. The minimum atomic E-state index is 0.0374. The van der Waals surface area contributed by atoms with Gasteiger partial charge in [0.15, 0.2) is 0 Å². The van der Waals surface area contributed by atoms with Gasteiger partial charge in [0.05, 0.1) is 28.5 Å². The molecule has 0 saturated carbocycles. The Morgan fingerprint density at radius 1 is 1.03 bits per heavy atom. The van der Waals surface area contributed by atoms with E-state index in [-0.39, 0.29) is 5.91 Å². The largest absolute Gasteiger partial charge is 0.352 e. The molecule has 30 heavy (non-hydrogen) atoms. The van der Waals surface area contributed by atoms with Gasteiger partial charge in [-0.05, 0) is 36.9 Å². The topological polar surface area (TPSA) is 67.2 Å². The Morgan fingerprint density at radius 3 is 2.63 bits per heavy atom. The van der Waals surface area contributed by atoms with Crippen molar-refractivity contribution >= 4 is 33.3 Å². The smallest absolute Gasteiger partial charge is 0.257 e. The fourth-order valence-electron chi connectivity index (χ4n) is 3.98. The lowest BCUT2D eigenvalue weighted by atomic mass is 10.1. The van der Waals surface area contributed by atoms with Crippen molar-refractivity contribution in [2.24, 2.45) is 0 Å². The third kappa shape index (κ3) is 3.13. The Bertz CT molecular complexity index is 1220. The van der Waals surface area contributed by atoms with Crippen LogP contribution in [0.3, 0.4) is 0 Å². The summed E-state index contributed by atoms with van der Waals surface area (Å²) in [4.78, 5) is 27.2. The number of anilines is 1. The summed E-state index contributed by atoms with van der Waals surface area (Å²) in [6.07, 6.45) is 3.31. The van der Waals surface area contributed by atoms with Gasteiger partial charge >= 0.3 is 0 Å². The van der Waals surface area contributed by atoms with Crippen LogP contribution in [0.5, 0.6) is 0 Å². The van der Waals surface area contributed by atoms with Crippen molar-refractivity contribution in [2.45, 2.75) is 13.8 Å². The molecule has 4 aromatic rings. The van der Waals surface area contributed by atoms with E-state index in [9.17, 15) is 4.79 Å². The quantitative estimate of drug-likeness (QED) is 0.510. The first-order valence-electron chi connectivity index (χ1n) is 9.96. The van der Waals surface area contributed by atoms with Crippen LogP contribution in [0.25, 0.3) is 15.9 Å². The lowest BCUT2D eigenvalue weighted by molar-refractivity contribution is 0.0746. The lowest BCUT2D eigenvalue weighted by Gasteiger charge is -2.35. The van der Waals surface area contributed by atoms with Crippen molar-refractivity contribution < 1.29 is 4.79 Å². The minimum Gasteiger partial charge on any atom is -0.352 e. The molecule has 1 aliphatic heterocycles. The number of hydrogen-bond acceptors (Lipinski definition) is 6. The van der Waals surface area contributed by atoms with Gasteiger partial charge in [0.2, 0.25) is 0 Å². The molecule has 3 aromatic heterocycles. The molecule has 0 atom stereocenters. The monoisotopic (exact) mass is 418 g/mol. The van der Waals surface area contributed by atoms with Crippen LogP contribution < -0.4 is 4.90 Å². The first-order chi connectivity index (χ1) is 14.6. The van der Waals surface area contributed by atoms with E-state index in [0.29, 0.717) is 18.7 Å². The maximum Gasteiger partial charge on any atom is 0.257 e. The number of carbonyl (C=O) groups is 1. The Hall–Kier alpha value is -3.26.